The van der Waals surface area contributed by atoms with E-state index in [-0.39, 0.29) is 11.5 Å². The molecule has 2 aromatic heterocycles. The van der Waals surface area contributed by atoms with E-state index in [1.807, 2.05) is 0 Å². The summed E-state index contributed by atoms with van der Waals surface area (Å²) < 4.78 is 11.9. The van der Waals surface area contributed by atoms with Gasteiger partial charge in [0.05, 0.1) is 6.61 Å². The highest BCUT2D eigenvalue weighted by molar-refractivity contribution is 7.55. The first-order valence-corrected chi connectivity index (χ1v) is 7.05. The van der Waals surface area contributed by atoms with Gasteiger partial charge in [-0.05, 0) is 6.08 Å². The van der Waals surface area contributed by atoms with Crippen LogP contribution in [-0.4, -0.2) is 47.3 Å². The molecule has 0 aliphatic heterocycles. The lowest BCUT2D eigenvalue weighted by Gasteiger charge is -2.13. The summed E-state index contributed by atoms with van der Waals surface area (Å²) >= 11 is 0. The number of nitrogens with two attached hydrogens (primary N) is 1. The van der Waals surface area contributed by atoms with Crippen molar-refractivity contribution in [3.63, 3.8) is 0 Å². The molecule has 1 unspecified atom stereocenters. The SMILES string of the molecule is Nc1ncnc2c1ncn2OC(/C=C/P(=O)(O)O)CO. The quantitative estimate of drug-likeness (QED) is 0.502. The first-order chi connectivity index (χ1) is 9.40. The van der Waals surface area contributed by atoms with Crippen LogP contribution in [0.3, 0.4) is 0 Å². The van der Waals surface area contributed by atoms with E-state index in [9.17, 15) is 4.57 Å². The second-order valence-electron chi connectivity index (χ2n) is 3.76. The largest absolute Gasteiger partial charge is 0.401 e. The van der Waals surface area contributed by atoms with Crippen LogP contribution in [0.15, 0.2) is 24.5 Å². The van der Waals surface area contributed by atoms with Gasteiger partial charge in [-0.1, -0.05) is 0 Å². The number of nitrogen functional groups attached to an aromatic ring is 1. The molecule has 0 aliphatic carbocycles. The van der Waals surface area contributed by atoms with Gasteiger partial charge < -0.3 is 25.5 Å². The summed E-state index contributed by atoms with van der Waals surface area (Å²) in [5.41, 5.74) is 6.20. The average molecular weight is 301 g/mol. The van der Waals surface area contributed by atoms with Crippen molar-refractivity contribution in [2.75, 3.05) is 12.3 Å². The fourth-order valence-electron chi connectivity index (χ4n) is 1.39. The molecule has 108 valence electrons. The van der Waals surface area contributed by atoms with Gasteiger partial charge in [0.25, 0.3) is 0 Å². The third-order valence-corrected chi connectivity index (χ3v) is 2.82. The molecule has 0 saturated heterocycles. The molecule has 0 saturated carbocycles. The van der Waals surface area contributed by atoms with Crippen LogP contribution in [-0.2, 0) is 4.57 Å². The van der Waals surface area contributed by atoms with E-state index in [4.69, 9.17) is 25.5 Å². The molecule has 10 nitrogen and oxygen atoms in total. The number of hydrogen-bond donors (Lipinski definition) is 4. The normalized spacial score (nSPS) is 13.9. The highest BCUT2D eigenvalue weighted by atomic mass is 31.2. The molecular weight excluding hydrogens is 289 g/mol. The summed E-state index contributed by atoms with van der Waals surface area (Å²) in [5, 5.41) is 9.13. The maximum atomic E-state index is 10.7. The Morgan fingerprint density at radius 3 is 2.85 bits per heavy atom. The van der Waals surface area contributed by atoms with Crippen LogP contribution < -0.4 is 10.6 Å². The van der Waals surface area contributed by atoms with Crippen molar-refractivity contribution >= 4 is 24.6 Å². The molecule has 0 aliphatic rings. The Kier molecular flexibility index (Phi) is 4.00. The first kappa shape index (κ1) is 14.4. The molecule has 0 amide bonds. The highest BCUT2D eigenvalue weighted by Crippen LogP contribution is 2.36. The lowest BCUT2D eigenvalue weighted by Crippen LogP contribution is -2.26. The van der Waals surface area contributed by atoms with E-state index in [2.05, 4.69) is 15.0 Å². The zero-order valence-electron chi connectivity index (χ0n) is 10.1. The number of nitrogens with zero attached hydrogens (tertiary/aromatic N) is 4. The van der Waals surface area contributed by atoms with E-state index in [1.165, 1.54) is 12.7 Å². The third-order valence-electron chi connectivity index (χ3n) is 2.26. The van der Waals surface area contributed by atoms with Crippen LogP contribution in [0.5, 0.6) is 0 Å². The van der Waals surface area contributed by atoms with Crippen molar-refractivity contribution in [3.05, 3.63) is 24.5 Å². The number of aliphatic hydroxyl groups excluding tert-OH is 1. The summed E-state index contributed by atoms with van der Waals surface area (Å²) in [5.74, 6) is 0.819. The molecule has 5 N–H and O–H groups in total. The molecule has 0 radical (unpaired) electrons. The molecule has 0 fully saturated rings. The first-order valence-electron chi connectivity index (χ1n) is 5.37. The van der Waals surface area contributed by atoms with Crippen LogP contribution >= 0.6 is 7.60 Å². The van der Waals surface area contributed by atoms with Gasteiger partial charge in [-0.2, -0.15) is 4.73 Å². The van der Waals surface area contributed by atoms with Crippen LogP contribution in [0.2, 0.25) is 0 Å². The molecular formula is C9H12N5O5P. The molecule has 0 bridgehead atoms. The summed E-state index contributed by atoms with van der Waals surface area (Å²) in [6, 6.07) is 0. The lowest BCUT2D eigenvalue weighted by molar-refractivity contribution is 0.0345. The molecule has 2 heterocycles. The van der Waals surface area contributed by atoms with Gasteiger partial charge in [0.1, 0.15) is 12.7 Å². The second-order valence-corrected chi connectivity index (χ2v) is 5.23. The Morgan fingerprint density at radius 2 is 2.20 bits per heavy atom. The van der Waals surface area contributed by atoms with E-state index < -0.39 is 20.3 Å². The van der Waals surface area contributed by atoms with Gasteiger partial charge in [-0.15, -0.1) is 0 Å². The van der Waals surface area contributed by atoms with E-state index in [0.29, 0.717) is 11.3 Å². The minimum absolute atomic E-state index is 0.170. The van der Waals surface area contributed by atoms with Crippen molar-refractivity contribution < 1.29 is 24.3 Å². The van der Waals surface area contributed by atoms with Gasteiger partial charge in [-0.3, -0.25) is 4.57 Å². The minimum atomic E-state index is -4.32. The van der Waals surface area contributed by atoms with Crippen molar-refractivity contribution in [2.24, 2.45) is 0 Å². The van der Waals surface area contributed by atoms with Crippen LogP contribution in [0, 0.1) is 0 Å². The lowest BCUT2D eigenvalue weighted by atomic mass is 10.4. The summed E-state index contributed by atoms with van der Waals surface area (Å²) in [6.07, 6.45) is 2.57. The molecule has 1 atom stereocenters. The number of fused-ring (bicyclic) bond motifs is 1. The topological polar surface area (TPSA) is 157 Å². The smallest absolute Gasteiger partial charge is 0.348 e. The van der Waals surface area contributed by atoms with Gasteiger partial charge >= 0.3 is 7.60 Å². The van der Waals surface area contributed by atoms with Crippen molar-refractivity contribution in [3.8, 4) is 0 Å². The molecule has 2 aromatic rings. The fourth-order valence-corrected chi connectivity index (χ4v) is 1.81. The maximum absolute atomic E-state index is 10.7. The maximum Gasteiger partial charge on any atom is 0.348 e. The summed E-state index contributed by atoms with van der Waals surface area (Å²) in [6.45, 7) is -0.489. The Bertz CT molecular complexity index is 680. The Hall–Kier alpha value is -2.00. The van der Waals surface area contributed by atoms with Crippen LogP contribution in [0.1, 0.15) is 0 Å². The summed E-state index contributed by atoms with van der Waals surface area (Å²) in [4.78, 5) is 34.4. The van der Waals surface area contributed by atoms with Crippen LogP contribution in [0.4, 0.5) is 5.82 Å². The molecule has 0 spiro atoms. The number of rotatable bonds is 5. The van der Waals surface area contributed by atoms with E-state index >= 15 is 0 Å². The number of aromatic nitrogens is 4. The van der Waals surface area contributed by atoms with Gasteiger partial charge in [0.15, 0.2) is 17.4 Å². The fraction of sp³-hybridized carbons (Fsp3) is 0.222. The van der Waals surface area contributed by atoms with Crippen molar-refractivity contribution in [1.82, 2.24) is 19.7 Å². The molecule has 2 rings (SSSR count). The van der Waals surface area contributed by atoms with E-state index in [1.54, 1.807) is 0 Å². The second kappa shape index (κ2) is 5.55. The van der Waals surface area contributed by atoms with Gasteiger partial charge in [-0.25, -0.2) is 15.0 Å². The third kappa shape index (κ3) is 3.31. The molecule has 20 heavy (non-hydrogen) atoms. The predicted molar refractivity (Wildman–Crippen MR) is 68.4 cm³/mol. The Labute approximate surface area is 112 Å². The number of aliphatic hydroxyl groups is 1. The highest BCUT2D eigenvalue weighted by Gasteiger charge is 2.14. The number of hydrogen-bond acceptors (Lipinski definition) is 7. The minimum Gasteiger partial charge on any atom is -0.401 e. The van der Waals surface area contributed by atoms with Gasteiger partial charge in [0.2, 0.25) is 5.65 Å². The zero-order valence-corrected chi connectivity index (χ0v) is 11.0. The number of imidazole rings is 1. The van der Waals surface area contributed by atoms with Crippen molar-refractivity contribution in [2.45, 2.75) is 6.10 Å². The Balaban J connectivity index is 2.24. The van der Waals surface area contributed by atoms with Crippen LogP contribution in [0.25, 0.3) is 11.2 Å². The molecule has 0 aromatic carbocycles. The number of anilines is 1. The molecule has 11 heteroatoms. The van der Waals surface area contributed by atoms with E-state index in [0.717, 1.165) is 10.8 Å². The Morgan fingerprint density at radius 1 is 1.45 bits per heavy atom. The average Bonchev–Trinajstić information content (AvgIpc) is 2.78. The standard InChI is InChI=1S/C9H12N5O5P/c10-8-7-9(12-4-11-8)14(5-13-7)19-6(3-15)1-2-20(16,17)18/h1-2,4-6,15H,3H2,(H2,10,11,12)(H2,16,17,18)/b2-1+. The zero-order chi connectivity index (χ0) is 14.8. The van der Waals surface area contributed by atoms with Gasteiger partial charge in [0, 0.05) is 5.82 Å². The predicted octanol–water partition coefficient (Wildman–Crippen LogP) is -1.11. The van der Waals surface area contributed by atoms with Crippen molar-refractivity contribution in [1.29, 1.82) is 0 Å². The summed E-state index contributed by atoms with van der Waals surface area (Å²) in [7, 11) is -4.32. The monoisotopic (exact) mass is 301 g/mol.